The topological polar surface area (TPSA) is 81.7 Å². The Morgan fingerprint density at radius 2 is 1.67 bits per heavy atom. The number of amides is 1. The lowest BCUT2D eigenvalue weighted by atomic mass is 10.1. The second-order valence-electron chi connectivity index (χ2n) is 5.03. The van der Waals surface area contributed by atoms with Crippen LogP contribution in [-0.4, -0.2) is 25.0 Å². The number of hydrogen-bond acceptors (Lipinski definition) is 5. The molecule has 0 unspecified atom stereocenters. The lowest BCUT2D eigenvalue weighted by molar-refractivity contribution is -0.114. The van der Waals surface area contributed by atoms with Gasteiger partial charge in [0, 0.05) is 12.6 Å². The third-order valence-corrected chi connectivity index (χ3v) is 3.16. The highest BCUT2D eigenvalue weighted by Crippen LogP contribution is 2.13. The molecule has 0 fully saturated rings. The number of methoxy groups -OCH3 is 1. The molecule has 24 heavy (non-hydrogen) atoms. The van der Waals surface area contributed by atoms with Gasteiger partial charge in [-0.15, -0.1) is 0 Å². The van der Waals surface area contributed by atoms with Gasteiger partial charge in [-0.25, -0.2) is 9.59 Å². The summed E-state index contributed by atoms with van der Waals surface area (Å²) in [7, 11) is 1.31. The van der Waals surface area contributed by atoms with E-state index in [1.54, 1.807) is 48.5 Å². The summed E-state index contributed by atoms with van der Waals surface area (Å²) in [6, 6.07) is 13.1. The molecular weight excluding hydrogens is 310 g/mol. The zero-order chi connectivity index (χ0) is 17.5. The highest BCUT2D eigenvalue weighted by Gasteiger charge is 2.09. The molecule has 0 saturated heterocycles. The van der Waals surface area contributed by atoms with Crippen molar-refractivity contribution in [1.82, 2.24) is 0 Å². The maximum atomic E-state index is 12.1. The van der Waals surface area contributed by atoms with Crippen molar-refractivity contribution in [2.24, 2.45) is 0 Å². The van der Waals surface area contributed by atoms with Crippen molar-refractivity contribution in [2.45, 2.75) is 13.5 Å². The first kappa shape index (κ1) is 17.2. The van der Waals surface area contributed by atoms with Crippen molar-refractivity contribution in [3.63, 3.8) is 0 Å². The Hall–Kier alpha value is -3.15. The van der Waals surface area contributed by atoms with Gasteiger partial charge in [0.2, 0.25) is 5.91 Å². The third-order valence-electron chi connectivity index (χ3n) is 3.16. The fraction of sp³-hybridized carbons (Fsp3) is 0.167. The predicted octanol–water partition coefficient (Wildman–Crippen LogP) is 2.79. The molecule has 1 amide bonds. The van der Waals surface area contributed by atoms with E-state index in [1.807, 2.05) is 0 Å². The Morgan fingerprint density at radius 3 is 2.29 bits per heavy atom. The SMILES string of the molecule is COC(=O)c1ccc(COC(=O)c2cccc(NC(C)=O)c2)cc1. The second-order valence-corrected chi connectivity index (χ2v) is 5.03. The van der Waals surface area contributed by atoms with Crippen LogP contribution in [0.3, 0.4) is 0 Å². The summed E-state index contributed by atoms with van der Waals surface area (Å²) in [6.45, 7) is 1.47. The first-order valence-electron chi connectivity index (χ1n) is 7.21. The summed E-state index contributed by atoms with van der Waals surface area (Å²) >= 11 is 0. The van der Waals surface area contributed by atoms with Crippen molar-refractivity contribution in [3.05, 3.63) is 65.2 Å². The van der Waals surface area contributed by atoms with E-state index in [4.69, 9.17) is 4.74 Å². The molecule has 0 bridgehead atoms. The van der Waals surface area contributed by atoms with E-state index in [9.17, 15) is 14.4 Å². The van der Waals surface area contributed by atoms with Gasteiger partial charge in [-0.2, -0.15) is 0 Å². The van der Waals surface area contributed by atoms with E-state index in [1.165, 1.54) is 14.0 Å². The molecule has 1 N–H and O–H groups in total. The minimum atomic E-state index is -0.501. The Kier molecular flexibility index (Phi) is 5.68. The smallest absolute Gasteiger partial charge is 0.338 e. The number of hydrogen-bond donors (Lipinski definition) is 1. The summed E-state index contributed by atoms with van der Waals surface area (Å²) in [5, 5.41) is 2.61. The molecule has 0 aromatic heterocycles. The minimum absolute atomic E-state index is 0.0741. The lowest BCUT2D eigenvalue weighted by Gasteiger charge is -2.07. The largest absolute Gasteiger partial charge is 0.465 e. The first-order valence-corrected chi connectivity index (χ1v) is 7.21. The normalized spacial score (nSPS) is 9.92. The average molecular weight is 327 g/mol. The van der Waals surface area contributed by atoms with E-state index in [2.05, 4.69) is 10.1 Å². The van der Waals surface area contributed by atoms with Gasteiger partial charge >= 0.3 is 11.9 Å². The maximum absolute atomic E-state index is 12.1. The van der Waals surface area contributed by atoms with Crippen LogP contribution in [-0.2, 0) is 20.9 Å². The molecule has 0 radical (unpaired) electrons. The second kappa shape index (κ2) is 7.92. The van der Waals surface area contributed by atoms with Gasteiger partial charge in [-0.1, -0.05) is 18.2 Å². The quantitative estimate of drug-likeness (QED) is 0.854. The number of rotatable bonds is 5. The lowest BCUT2D eigenvalue weighted by Crippen LogP contribution is -2.09. The third kappa shape index (κ3) is 4.67. The molecular formula is C18H17NO5. The van der Waals surface area contributed by atoms with E-state index in [-0.39, 0.29) is 12.5 Å². The summed E-state index contributed by atoms with van der Waals surface area (Å²) in [5.41, 5.74) is 2.04. The number of nitrogens with one attached hydrogen (secondary N) is 1. The van der Waals surface area contributed by atoms with Crippen LogP contribution in [0, 0.1) is 0 Å². The number of esters is 2. The van der Waals surface area contributed by atoms with Gasteiger partial charge in [-0.05, 0) is 35.9 Å². The van der Waals surface area contributed by atoms with Crippen molar-refractivity contribution in [1.29, 1.82) is 0 Å². The van der Waals surface area contributed by atoms with Crippen molar-refractivity contribution in [2.75, 3.05) is 12.4 Å². The van der Waals surface area contributed by atoms with Crippen LogP contribution < -0.4 is 5.32 Å². The monoisotopic (exact) mass is 327 g/mol. The van der Waals surface area contributed by atoms with Crippen molar-refractivity contribution < 1.29 is 23.9 Å². The van der Waals surface area contributed by atoms with Crippen LogP contribution in [0.2, 0.25) is 0 Å². The molecule has 2 aromatic carbocycles. The molecule has 2 rings (SSSR count). The highest BCUT2D eigenvalue weighted by molar-refractivity contribution is 5.93. The van der Waals surface area contributed by atoms with Crippen molar-refractivity contribution >= 4 is 23.5 Å². The van der Waals surface area contributed by atoms with E-state index >= 15 is 0 Å². The molecule has 2 aromatic rings. The molecule has 0 spiro atoms. The van der Waals surface area contributed by atoms with Crippen LogP contribution in [0.1, 0.15) is 33.2 Å². The summed E-state index contributed by atoms with van der Waals surface area (Å²) < 4.78 is 9.85. The van der Waals surface area contributed by atoms with Crippen LogP contribution >= 0.6 is 0 Å². The minimum Gasteiger partial charge on any atom is -0.465 e. The van der Waals surface area contributed by atoms with Gasteiger partial charge in [0.1, 0.15) is 6.61 Å². The number of ether oxygens (including phenoxy) is 2. The Bertz CT molecular complexity index is 752. The highest BCUT2D eigenvalue weighted by atomic mass is 16.5. The Balaban J connectivity index is 1.97. The van der Waals surface area contributed by atoms with Crippen LogP contribution in [0.25, 0.3) is 0 Å². The molecule has 0 atom stereocenters. The molecule has 0 aliphatic heterocycles. The van der Waals surface area contributed by atoms with Gasteiger partial charge in [0.05, 0.1) is 18.2 Å². The molecule has 124 valence electrons. The number of benzene rings is 2. The van der Waals surface area contributed by atoms with Crippen molar-refractivity contribution in [3.8, 4) is 0 Å². The maximum Gasteiger partial charge on any atom is 0.338 e. The molecule has 6 heteroatoms. The Morgan fingerprint density at radius 1 is 0.958 bits per heavy atom. The van der Waals surface area contributed by atoms with Crippen LogP contribution in [0.5, 0.6) is 0 Å². The van der Waals surface area contributed by atoms with Crippen LogP contribution in [0.4, 0.5) is 5.69 Å². The molecule has 0 aliphatic carbocycles. The first-order chi connectivity index (χ1) is 11.5. The van der Waals surface area contributed by atoms with E-state index in [0.717, 1.165) is 5.56 Å². The summed E-state index contributed by atoms with van der Waals surface area (Å²) in [4.78, 5) is 34.5. The standard InChI is InChI=1S/C18H17NO5/c1-12(20)19-16-5-3-4-15(10-16)18(22)24-11-13-6-8-14(9-7-13)17(21)23-2/h3-10H,11H2,1-2H3,(H,19,20). The average Bonchev–Trinajstić information content (AvgIpc) is 2.59. The number of anilines is 1. The predicted molar refractivity (Wildman–Crippen MR) is 87.6 cm³/mol. The molecule has 0 aliphatic rings. The summed E-state index contributed by atoms with van der Waals surface area (Å²) in [5.74, 6) is -1.14. The Labute approximate surface area is 139 Å². The zero-order valence-electron chi connectivity index (χ0n) is 13.4. The van der Waals surface area contributed by atoms with E-state index < -0.39 is 11.9 Å². The number of carbonyl (C=O) groups is 3. The molecule has 0 saturated carbocycles. The fourth-order valence-corrected chi connectivity index (χ4v) is 2.01. The van der Waals surface area contributed by atoms with Gasteiger partial charge < -0.3 is 14.8 Å². The number of carbonyl (C=O) groups excluding carboxylic acids is 3. The van der Waals surface area contributed by atoms with Gasteiger partial charge in [0.25, 0.3) is 0 Å². The zero-order valence-corrected chi connectivity index (χ0v) is 13.4. The van der Waals surface area contributed by atoms with Gasteiger partial charge in [0.15, 0.2) is 0 Å². The van der Waals surface area contributed by atoms with Gasteiger partial charge in [-0.3, -0.25) is 4.79 Å². The van der Waals surface area contributed by atoms with E-state index in [0.29, 0.717) is 16.8 Å². The summed E-state index contributed by atoms with van der Waals surface area (Å²) in [6.07, 6.45) is 0. The fourth-order valence-electron chi connectivity index (χ4n) is 2.01. The molecule has 0 heterocycles. The van der Waals surface area contributed by atoms with Crippen LogP contribution in [0.15, 0.2) is 48.5 Å². The molecule has 6 nitrogen and oxygen atoms in total.